The van der Waals surface area contributed by atoms with Gasteiger partial charge in [-0.1, -0.05) is 0 Å². The molecule has 0 spiro atoms. The fourth-order valence-corrected chi connectivity index (χ4v) is 2.19. The summed E-state index contributed by atoms with van der Waals surface area (Å²) in [4.78, 5) is 17.6. The van der Waals surface area contributed by atoms with Gasteiger partial charge in [-0.25, -0.2) is 0 Å². The first kappa shape index (κ1) is 14.4. The van der Waals surface area contributed by atoms with Crippen LogP contribution >= 0.6 is 0 Å². The minimum atomic E-state index is 0.0264. The number of nitrogens with one attached hydrogen (secondary N) is 1. The van der Waals surface area contributed by atoms with Crippen LogP contribution in [0, 0.1) is 0 Å². The van der Waals surface area contributed by atoms with E-state index in [1.807, 2.05) is 27.0 Å². The Labute approximate surface area is 119 Å². The van der Waals surface area contributed by atoms with Crippen molar-refractivity contribution in [1.29, 1.82) is 0 Å². The van der Waals surface area contributed by atoms with Crippen molar-refractivity contribution in [2.24, 2.45) is 0 Å². The molecular formula is C14H22N4O2. The molecule has 6 nitrogen and oxygen atoms in total. The zero-order valence-corrected chi connectivity index (χ0v) is 12.2. The second kappa shape index (κ2) is 5.98. The van der Waals surface area contributed by atoms with Crippen molar-refractivity contribution in [3.8, 4) is 5.88 Å². The van der Waals surface area contributed by atoms with Crippen LogP contribution in [-0.4, -0.2) is 41.5 Å². The maximum atomic E-state index is 11.5. The molecule has 110 valence electrons. The van der Waals surface area contributed by atoms with E-state index in [9.17, 15) is 4.79 Å². The Bertz CT molecular complexity index is 490. The van der Waals surface area contributed by atoms with Crippen LogP contribution in [0.1, 0.15) is 26.7 Å². The molecule has 1 unspecified atom stereocenters. The fourth-order valence-electron chi connectivity index (χ4n) is 2.19. The maximum Gasteiger partial charge on any atom is 0.239 e. The van der Waals surface area contributed by atoms with E-state index in [2.05, 4.69) is 10.3 Å². The monoisotopic (exact) mass is 278 g/mol. The summed E-state index contributed by atoms with van der Waals surface area (Å²) in [6.45, 7) is 4.55. The predicted molar refractivity (Wildman–Crippen MR) is 78.7 cm³/mol. The standard InChI is InChI=1S/C14H22N4O2/c1-9(2)20-14-11(15)5-6-12(17-14)16-10-4-7-13(19)18(3)8-10/h5-6,9-10H,4,7-8,15H2,1-3H3,(H,16,17). The van der Waals surface area contributed by atoms with Crippen molar-refractivity contribution >= 4 is 17.4 Å². The number of nitrogens with two attached hydrogens (primary N) is 1. The number of hydrogen-bond acceptors (Lipinski definition) is 5. The first-order valence-electron chi connectivity index (χ1n) is 6.89. The van der Waals surface area contributed by atoms with Crippen molar-refractivity contribution < 1.29 is 9.53 Å². The Kier molecular flexibility index (Phi) is 4.32. The maximum absolute atomic E-state index is 11.5. The molecule has 1 aliphatic rings. The molecule has 2 rings (SSSR count). The fraction of sp³-hybridized carbons (Fsp3) is 0.571. The molecule has 1 saturated heterocycles. The Morgan fingerprint density at radius 3 is 2.90 bits per heavy atom. The molecule has 6 heteroatoms. The molecule has 1 amide bonds. The van der Waals surface area contributed by atoms with Gasteiger partial charge in [0.2, 0.25) is 11.8 Å². The van der Waals surface area contributed by atoms with E-state index in [-0.39, 0.29) is 18.1 Å². The SMILES string of the molecule is CC(C)Oc1nc(NC2CCC(=O)N(C)C2)ccc1N. The molecule has 0 saturated carbocycles. The third kappa shape index (κ3) is 3.53. The lowest BCUT2D eigenvalue weighted by Crippen LogP contribution is -2.43. The third-order valence-electron chi connectivity index (χ3n) is 3.22. The van der Waals surface area contributed by atoms with Gasteiger partial charge in [-0.3, -0.25) is 4.79 Å². The van der Waals surface area contributed by atoms with Crippen molar-refractivity contribution in [2.75, 3.05) is 24.6 Å². The molecule has 1 fully saturated rings. The number of nitrogens with zero attached hydrogens (tertiary/aromatic N) is 2. The highest BCUT2D eigenvalue weighted by molar-refractivity contribution is 5.77. The molecule has 3 N–H and O–H groups in total. The van der Waals surface area contributed by atoms with E-state index >= 15 is 0 Å². The van der Waals surface area contributed by atoms with Gasteiger partial charge in [0, 0.05) is 26.1 Å². The predicted octanol–water partition coefficient (Wildman–Crippen LogP) is 1.48. The summed E-state index contributed by atoms with van der Waals surface area (Å²) in [5.74, 6) is 1.37. The van der Waals surface area contributed by atoms with Gasteiger partial charge in [0.25, 0.3) is 0 Å². The number of carbonyl (C=O) groups excluding carboxylic acids is 1. The summed E-state index contributed by atoms with van der Waals surface area (Å²) in [5, 5.41) is 3.33. The minimum Gasteiger partial charge on any atom is -0.473 e. The molecule has 0 aliphatic carbocycles. The van der Waals surface area contributed by atoms with Crippen LogP contribution in [0.15, 0.2) is 12.1 Å². The average Bonchev–Trinajstić information content (AvgIpc) is 2.37. The number of likely N-dealkylation sites (N-methyl/N-ethyl adjacent to an activating group) is 1. The number of hydrogen-bond donors (Lipinski definition) is 2. The number of ether oxygens (including phenoxy) is 1. The van der Waals surface area contributed by atoms with E-state index in [1.54, 1.807) is 11.0 Å². The lowest BCUT2D eigenvalue weighted by atomic mass is 10.1. The van der Waals surface area contributed by atoms with Crippen molar-refractivity contribution in [3.05, 3.63) is 12.1 Å². The normalized spacial score (nSPS) is 19.3. The van der Waals surface area contributed by atoms with Crippen LogP contribution in [0.5, 0.6) is 5.88 Å². The highest BCUT2D eigenvalue weighted by Crippen LogP contribution is 2.23. The zero-order valence-electron chi connectivity index (χ0n) is 12.2. The first-order chi connectivity index (χ1) is 9.45. The van der Waals surface area contributed by atoms with Crippen LogP contribution < -0.4 is 15.8 Å². The van der Waals surface area contributed by atoms with Crippen LogP contribution in [0.2, 0.25) is 0 Å². The number of piperidine rings is 1. The van der Waals surface area contributed by atoms with Crippen molar-refractivity contribution in [2.45, 2.75) is 38.8 Å². The molecule has 1 atom stereocenters. The Morgan fingerprint density at radius 2 is 2.25 bits per heavy atom. The van der Waals surface area contributed by atoms with E-state index in [0.717, 1.165) is 12.2 Å². The van der Waals surface area contributed by atoms with Crippen LogP contribution in [0.4, 0.5) is 11.5 Å². The summed E-state index contributed by atoms with van der Waals surface area (Å²) < 4.78 is 5.57. The van der Waals surface area contributed by atoms with Crippen LogP contribution in [0.25, 0.3) is 0 Å². The molecule has 20 heavy (non-hydrogen) atoms. The van der Waals surface area contributed by atoms with Gasteiger partial charge >= 0.3 is 0 Å². The number of carbonyl (C=O) groups is 1. The Hall–Kier alpha value is -1.98. The average molecular weight is 278 g/mol. The number of amides is 1. The number of rotatable bonds is 4. The topological polar surface area (TPSA) is 80.5 Å². The third-order valence-corrected chi connectivity index (χ3v) is 3.22. The quantitative estimate of drug-likeness (QED) is 0.872. The van der Waals surface area contributed by atoms with E-state index in [1.165, 1.54) is 0 Å². The number of likely N-dealkylation sites (tertiary alicyclic amines) is 1. The molecule has 0 radical (unpaired) electrons. The lowest BCUT2D eigenvalue weighted by molar-refractivity contribution is -0.132. The van der Waals surface area contributed by atoms with Gasteiger partial charge in [0.15, 0.2) is 0 Å². The second-order valence-electron chi connectivity index (χ2n) is 5.41. The van der Waals surface area contributed by atoms with Gasteiger partial charge < -0.3 is 20.7 Å². The summed E-state index contributed by atoms with van der Waals surface area (Å²) >= 11 is 0. The van der Waals surface area contributed by atoms with Gasteiger partial charge in [-0.15, -0.1) is 0 Å². The molecule has 0 aromatic carbocycles. The van der Waals surface area contributed by atoms with Crippen molar-refractivity contribution in [1.82, 2.24) is 9.88 Å². The minimum absolute atomic E-state index is 0.0264. The summed E-state index contributed by atoms with van der Waals surface area (Å²) in [5.41, 5.74) is 6.37. The number of anilines is 2. The highest BCUT2D eigenvalue weighted by atomic mass is 16.5. The first-order valence-corrected chi connectivity index (χ1v) is 6.89. The van der Waals surface area contributed by atoms with Gasteiger partial charge in [0.1, 0.15) is 5.82 Å². The summed E-state index contributed by atoms with van der Waals surface area (Å²) in [6.07, 6.45) is 1.41. The molecule has 2 heterocycles. The van der Waals surface area contributed by atoms with Gasteiger partial charge in [-0.05, 0) is 32.4 Å². The molecular weight excluding hydrogens is 256 g/mol. The number of aromatic nitrogens is 1. The molecule has 1 aromatic heterocycles. The van der Waals surface area contributed by atoms with Crippen LogP contribution in [-0.2, 0) is 4.79 Å². The second-order valence-corrected chi connectivity index (χ2v) is 5.41. The Balaban J connectivity index is 2.04. The molecule has 1 aliphatic heterocycles. The molecule has 1 aromatic rings. The molecule has 0 bridgehead atoms. The largest absolute Gasteiger partial charge is 0.473 e. The number of nitrogen functional groups attached to an aromatic ring is 1. The van der Waals surface area contributed by atoms with Gasteiger partial charge in [0.05, 0.1) is 11.8 Å². The lowest BCUT2D eigenvalue weighted by Gasteiger charge is -2.30. The van der Waals surface area contributed by atoms with E-state index < -0.39 is 0 Å². The van der Waals surface area contributed by atoms with E-state index in [0.29, 0.717) is 24.5 Å². The zero-order chi connectivity index (χ0) is 14.7. The summed E-state index contributed by atoms with van der Waals surface area (Å²) in [6, 6.07) is 3.82. The highest BCUT2D eigenvalue weighted by Gasteiger charge is 2.23. The number of pyridine rings is 1. The van der Waals surface area contributed by atoms with E-state index in [4.69, 9.17) is 10.5 Å². The Morgan fingerprint density at radius 1 is 1.50 bits per heavy atom. The van der Waals surface area contributed by atoms with Crippen molar-refractivity contribution in [3.63, 3.8) is 0 Å². The van der Waals surface area contributed by atoms with Gasteiger partial charge in [-0.2, -0.15) is 4.98 Å². The smallest absolute Gasteiger partial charge is 0.239 e. The summed E-state index contributed by atoms with van der Waals surface area (Å²) in [7, 11) is 1.82. The van der Waals surface area contributed by atoms with Crippen LogP contribution in [0.3, 0.4) is 0 Å².